The molecule has 1 nitrogen and oxygen atoms in total. The largest absolute Gasteiger partial charge is 0.506 e. The minimum atomic E-state index is 0.250. The smallest absolute Gasteiger partial charge is 0.137 e. The molecule has 1 N–H and O–H groups in total. The fraction of sp³-hybridized carbons (Fsp3) is 0.455. The number of aromatic hydroxyl groups is 1. The van der Waals surface area contributed by atoms with E-state index >= 15 is 0 Å². The van der Waals surface area contributed by atoms with Crippen molar-refractivity contribution < 1.29 is 5.11 Å². The van der Waals surface area contributed by atoms with E-state index in [1.165, 1.54) is 12.8 Å². The SMILES string of the molecule is CCCCCc1cccc(Cl)c1O. The number of hydrogen-bond donors (Lipinski definition) is 1. The normalized spacial score (nSPS) is 10.3. The monoisotopic (exact) mass is 198 g/mol. The maximum atomic E-state index is 9.56. The van der Waals surface area contributed by atoms with Crippen molar-refractivity contribution in [2.75, 3.05) is 0 Å². The number of para-hydroxylation sites is 1. The molecule has 0 aliphatic rings. The van der Waals surface area contributed by atoms with E-state index in [1.807, 2.05) is 12.1 Å². The minimum absolute atomic E-state index is 0.250. The second-order valence-electron chi connectivity index (χ2n) is 3.20. The molecule has 0 amide bonds. The highest BCUT2D eigenvalue weighted by Gasteiger charge is 2.03. The number of rotatable bonds is 4. The van der Waals surface area contributed by atoms with Crippen LogP contribution in [0.1, 0.15) is 31.7 Å². The van der Waals surface area contributed by atoms with Gasteiger partial charge in [-0.2, -0.15) is 0 Å². The molecule has 0 bridgehead atoms. The molecule has 0 spiro atoms. The van der Waals surface area contributed by atoms with Gasteiger partial charge in [-0.3, -0.25) is 0 Å². The first kappa shape index (κ1) is 10.4. The molecule has 0 radical (unpaired) electrons. The summed E-state index contributed by atoms with van der Waals surface area (Å²) >= 11 is 5.78. The van der Waals surface area contributed by atoms with E-state index in [-0.39, 0.29) is 5.75 Å². The lowest BCUT2D eigenvalue weighted by Crippen LogP contribution is -1.86. The molecule has 0 aromatic heterocycles. The van der Waals surface area contributed by atoms with Crippen LogP contribution in [0.4, 0.5) is 0 Å². The summed E-state index contributed by atoms with van der Waals surface area (Å²) in [4.78, 5) is 0. The van der Waals surface area contributed by atoms with Gasteiger partial charge in [0.25, 0.3) is 0 Å². The molecule has 0 aliphatic carbocycles. The van der Waals surface area contributed by atoms with Gasteiger partial charge >= 0.3 is 0 Å². The molecule has 72 valence electrons. The van der Waals surface area contributed by atoms with E-state index in [0.717, 1.165) is 18.4 Å². The van der Waals surface area contributed by atoms with Gasteiger partial charge in [0.05, 0.1) is 5.02 Å². The molecule has 0 fully saturated rings. The maximum absolute atomic E-state index is 9.56. The quantitative estimate of drug-likeness (QED) is 0.731. The van der Waals surface area contributed by atoms with Crippen LogP contribution in [0.15, 0.2) is 18.2 Å². The van der Waals surface area contributed by atoms with Gasteiger partial charge in [0.15, 0.2) is 0 Å². The Balaban J connectivity index is 2.61. The first-order chi connectivity index (χ1) is 6.25. The standard InChI is InChI=1S/C11H15ClO/c1-2-3-4-6-9-7-5-8-10(12)11(9)13/h5,7-8,13H,2-4,6H2,1H3. The topological polar surface area (TPSA) is 20.2 Å². The van der Waals surface area contributed by atoms with Gasteiger partial charge in [0.1, 0.15) is 5.75 Å². The molecule has 1 rings (SSSR count). The van der Waals surface area contributed by atoms with E-state index in [9.17, 15) is 5.11 Å². The third kappa shape index (κ3) is 2.92. The van der Waals surface area contributed by atoms with Crippen molar-refractivity contribution in [3.05, 3.63) is 28.8 Å². The number of phenols is 1. The predicted octanol–water partition coefficient (Wildman–Crippen LogP) is 3.78. The van der Waals surface area contributed by atoms with Crippen LogP contribution >= 0.6 is 11.6 Å². The second kappa shape index (κ2) is 5.13. The maximum Gasteiger partial charge on any atom is 0.137 e. The highest BCUT2D eigenvalue weighted by molar-refractivity contribution is 6.32. The first-order valence-electron chi connectivity index (χ1n) is 4.72. The van der Waals surface area contributed by atoms with Crippen LogP contribution in [-0.4, -0.2) is 5.11 Å². The Morgan fingerprint density at radius 1 is 1.31 bits per heavy atom. The van der Waals surface area contributed by atoms with Gasteiger partial charge in [0.2, 0.25) is 0 Å². The van der Waals surface area contributed by atoms with Gasteiger partial charge in [-0.25, -0.2) is 0 Å². The number of hydrogen-bond acceptors (Lipinski definition) is 1. The summed E-state index contributed by atoms with van der Waals surface area (Å²) < 4.78 is 0. The summed E-state index contributed by atoms with van der Waals surface area (Å²) in [5.74, 6) is 0.250. The number of aryl methyl sites for hydroxylation is 1. The molecular weight excluding hydrogens is 184 g/mol. The summed E-state index contributed by atoms with van der Waals surface area (Å²) in [6, 6.07) is 5.51. The fourth-order valence-electron chi connectivity index (χ4n) is 1.33. The summed E-state index contributed by atoms with van der Waals surface area (Å²) in [5, 5.41) is 10.0. The van der Waals surface area contributed by atoms with E-state index in [0.29, 0.717) is 5.02 Å². The zero-order valence-electron chi connectivity index (χ0n) is 7.89. The van der Waals surface area contributed by atoms with Crippen LogP contribution in [0.2, 0.25) is 5.02 Å². The zero-order valence-corrected chi connectivity index (χ0v) is 8.64. The predicted molar refractivity (Wildman–Crippen MR) is 56.3 cm³/mol. The molecule has 2 heteroatoms. The molecular formula is C11H15ClO. The van der Waals surface area contributed by atoms with Gasteiger partial charge in [-0.05, 0) is 24.5 Å². The number of halogens is 1. The number of unbranched alkanes of at least 4 members (excludes halogenated alkanes) is 2. The van der Waals surface area contributed by atoms with Crippen molar-refractivity contribution in [3.63, 3.8) is 0 Å². The summed E-state index contributed by atoms with van der Waals surface area (Å²) in [6.45, 7) is 2.16. The molecule has 0 saturated carbocycles. The van der Waals surface area contributed by atoms with Crippen molar-refractivity contribution in [1.29, 1.82) is 0 Å². The van der Waals surface area contributed by atoms with Crippen LogP contribution in [0, 0.1) is 0 Å². The molecule has 0 unspecified atom stereocenters. The Morgan fingerprint density at radius 2 is 2.08 bits per heavy atom. The third-order valence-corrected chi connectivity index (χ3v) is 2.43. The van der Waals surface area contributed by atoms with E-state index in [4.69, 9.17) is 11.6 Å². The third-order valence-electron chi connectivity index (χ3n) is 2.12. The van der Waals surface area contributed by atoms with Crippen molar-refractivity contribution in [2.45, 2.75) is 32.6 Å². The Bertz CT molecular complexity index is 271. The molecule has 13 heavy (non-hydrogen) atoms. The first-order valence-corrected chi connectivity index (χ1v) is 5.10. The zero-order chi connectivity index (χ0) is 9.68. The lowest BCUT2D eigenvalue weighted by molar-refractivity contribution is 0.467. The molecule has 1 aromatic carbocycles. The van der Waals surface area contributed by atoms with Crippen LogP contribution < -0.4 is 0 Å². The minimum Gasteiger partial charge on any atom is -0.506 e. The number of benzene rings is 1. The summed E-state index contributed by atoms with van der Waals surface area (Å²) in [6.07, 6.45) is 4.43. The number of phenolic OH excluding ortho intramolecular Hbond substituents is 1. The second-order valence-corrected chi connectivity index (χ2v) is 3.61. The van der Waals surface area contributed by atoms with Crippen LogP contribution in [0.25, 0.3) is 0 Å². The van der Waals surface area contributed by atoms with Crippen molar-refractivity contribution in [3.8, 4) is 5.75 Å². The Labute approximate surface area is 84.4 Å². The highest BCUT2D eigenvalue weighted by Crippen LogP contribution is 2.27. The van der Waals surface area contributed by atoms with E-state index in [1.54, 1.807) is 6.07 Å². The van der Waals surface area contributed by atoms with E-state index < -0.39 is 0 Å². The van der Waals surface area contributed by atoms with Gasteiger partial charge in [-0.1, -0.05) is 43.5 Å². The molecule has 1 aromatic rings. The molecule has 0 aliphatic heterocycles. The average molecular weight is 199 g/mol. The van der Waals surface area contributed by atoms with Crippen molar-refractivity contribution in [1.82, 2.24) is 0 Å². The van der Waals surface area contributed by atoms with Gasteiger partial charge in [0, 0.05) is 0 Å². The highest BCUT2D eigenvalue weighted by atomic mass is 35.5. The average Bonchev–Trinajstić information content (AvgIpc) is 2.13. The molecule has 0 atom stereocenters. The summed E-state index contributed by atoms with van der Waals surface area (Å²) in [5.41, 5.74) is 0.959. The van der Waals surface area contributed by atoms with Gasteiger partial charge in [-0.15, -0.1) is 0 Å². The van der Waals surface area contributed by atoms with Crippen LogP contribution in [-0.2, 0) is 6.42 Å². The Hall–Kier alpha value is -0.690. The Morgan fingerprint density at radius 3 is 2.77 bits per heavy atom. The Kier molecular flexibility index (Phi) is 4.10. The van der Waals surface area contributed by atoms with E-state index in [2.05, 4.69) is 6.92 Å². The van der Waals surface area contributed by atoms with Crippen molar-refractivity contribution >= 4 is 11.6 Å². The van der Waals surface area contributed by atoms with Crippen LogP contribution in [0.3, 0.4) is 0 Å². The van der Waals surface area contributed by atoms with Gasteiger partial charge < -0.3 is 5.11 Å². The molecule has 0 heterocycles. The fourth-order valence-corrected chi connectivity index (χ4v) is 1.52. The lowest BCUT2D eigenvalue weighted by atomic mass is 10.1. The lowest BCUT2D eigenvalue weighted by Gasteiger charge is -2.04. The molecule has 0 saturated heterocycles. The van der Waals surface area contributed by atoms with Crippen LogP contribution in [0.5, 0.6) is 5.75 Å². The summed E-state index contributed by atoms with van der Waals surface area (Å²) in [7, 11) is 0. The van der Waals surface area contributed by atoms with Crippen molar-refractivity contribution in [2.24, 2.45) is 0 Å².